The largest absolute Gasteiger partial charge is 0.481 e. The molecule has 1 aromatic rings. The molecule has 0 radical (unpaired) electrons. The van der Waals surface area contributed by atoms with Crippen LogP contribution in [0.3, 0.4) is 0 Å². The normalized spacial score (nSPS) is 21.8. The van der Waals surface area contributed by atoms with Gasteiger partial charge in [-0.3, -0.25) is 4.79 Å². The molecule has 1 saturated heterocycles. The van der Waals surface area contributed by atoms with Crippen molar-refractivity contribution >= 4 is 12.0 Å². The van der Waals surface area contributed by atoms with Crippen LogP contribution in [-0.2, 0) is 9.53 Å². The maximum absolute atomic E-state index is 13.0. The Bertz CT molecular complexity index is 609. The van der Waals surface area contributed by atoms with Gasteiger partial charge in [-0.1, -0.05) is 30.3 Å². The van der Waals surface area contributed by atoms with Crippen molar-refractivity contribution in [3.63, 3.8) is 0 Å². The van der Waals surface area contributed by atoms with E-state index >= 15 is 0 Å². The minimum Gasteiger partial charge on any atom is -0.481 e. The van der Waals surface area contributed by atoms with Crippen LogP contribution >= 0.6 is 0 Å². The summed E-state index contributed by atoms with van der Waals surface area (Å²) >= 11 is 0. The number of rotatable bonds is 5. The standard InChI is InChI=1S/C16H19F3N2O4/c1-25-9-13(10-5-3-2-4-6-10)20-15(24)21-7-11(14(22)23)12(8-21)16(17,18)19/h2-6,11-13H,7-9H2,1H3,(H,20,24)(H,22,23)/t11-,12-,13?/m1/s1. The van der Waals surface area contributed by atoms with Crippen LogP contribution in [0.1, 0.15) is 11.6 Å². The maximum Gasteiger partial charge on any atom is 0.394 e. The summed E-state index contributed by atoms with van der Waals surface area (Å²) in [5.74, 6) is -5.30. The van der Waals surface area contributed by atoms with Crippen molar-refractivity contribution in [3.8, 4) is 0 Å². The molecule has 2 amide bonds. The molecule has 0 aromatic heterocycles. The Hall–Kier alpha value is -2.29. The van der Waals surface area contributed by atoms with Gasteiger partial charge in [-0.2, -0.15) is 13.2 Å². The Balaban J connectivity index is 2.10. The summed E-state index contributed by atoms with van der Waals surface area (Å²) in [5.41, 5.74) is 0.735. The average Bonchev–Trinajstić information content (AvgIpc) is 3.01. The number of nitrogens with one attached hydrogen (secondary N) is 1. The molecule has 2 N–H and O–H groups in total. The van der Waals surface area contributed by atoms with E-state index in [0.29, 0.717) is 0 Å². The number of aliphatic carboxylic acids is 1. The van der Waals surface area contributed by atoms with Gasteiger partial charge < -0.3 is 20.1 Å². The first-order chi connectivity index (χ1) is 11.7. The molecule has 3 atom stereocenters. The second-order valence-electron chi connectivity index (χ2n) is 5.87. The summed E-state index contributed by atoms with van der Waals surface area (Å²) in [6.07, 6.45) is -4.68. The zero-order chi connectivity index (χ0) is 18.6. The second kappa shape index (κ2) is 7.73. The zero-order valence-corrected chi connectivity index (χ0v) is 13.5. The lowest BCUT2D eigenvalue weighted by Crippen LogP contribution is -2.42. The van der Waals surface area contributed by atoms with Gasteiger partial charge in [-0.25, -0.2) is 4.79 Å². The van der Waals surface area contributed by atoms with Crippen molar-refractivity contribution in [1.82, 2.24) is 10.2 Å². The minimum absolute atomic E-state index is 0.134. The van der Waals surface area contributed by atoms with E-state index in [9.17, 15) is 22.8 Å². The van der Waals surface area contributed by atoms with Crippen molar-refractivity contribution < 1.29 is 32.6 Å². The monoisotopic (exact) mass is 360 g/mol. The Morgan fingerprint density at radius 1 is 1.32 bits per heavy atom. The fraction of sp³-hybridized carbons (Fsp3) is 0.500. The summed E-state index contributed by atoms with van der Waals surface area (Å²) in [6, 6.07) is 7.54. The number of carbonyl (C=O) groups excluding carboxylic acids is 1. The number of methoxy groups -OCH3 is 1. The molecule has 0 saturated carbocycles. The van der Waals surface area contributed by atoms with E-state index < -0.39 is 49.1 Å². The first-order valence-electron chi connectivity index (χ1n) is 7.63. The van der Waals surface area contributed by atoms with Crippen molar-refractivity contribution in [3.05, 3.63) is 35.9 Å². The third-order valence-electron chi connectivity index (χ3n) is 4.18. The SMILES string of the molecule is COCC(NC(=O)N1C[C@@H](C(F)(F)F)[C@H](C(=O)O)C1)c1ccccc1. The molecule has 1 aromatic carbocycles. The molecule has 6 nitrogen and oxygen atoms in total. The number of carboxylic acid groups (broad SMARTS) is 1. The number of halogens is 3. The van der Waals surface area contributed by atoms with E-state index in [1.165, 1.54) is 7.11 Å². The molecule has 1 fully saturated rings. The lowest BCUT2D eigenvalue weighted by molar-refractivity contribution is -0.187. The Labute approximate surface area is 142 Å². The van der Waals surface area contributed by atoms with E-state index in [2.05, 4.69) is 5.32 Å². The van der Waals surface area contributed by atoms with Gasteiger partial charge in [0.1, 0.15) is 0 Å². The van der Waals surface area contributed by atoms with E-state index in [1.807, 2.05) is 0 Å². The van der Waals surface area contributed by atoms with Crippen molar-refractivity contribution in [2.75, 3.05) is 26.8 Å². The second-order valence-corrected chi connectivity index (χ2v) is 5.87. The molecular weight excluding hydrogens is 341 g/mol. The lowest BCUT2D eigenvalue weighted by Gasteiger charge is -2.23. The minimum atomic E-state index is -4.68. The highest BCUT2D eigenvalue weighted by atomic mass is 19.4. The highest BCUT2D eigenvalue weighted by molar-refractivity contribution is 5.78. The van der Waals surface area contributed by atoms with Crippen LogP contribution in [-0.4, -0.2) is 55.0 Å². The van der Waals surface area contributed by atoms with Gasteiger partial charge in [0.2, 0.25) is 0 Å². The smallest absolute Gasteiger partial charge is 0.394 e. The molecule has 2 rings (SSSR count). The van der Waals surface area contributed by atoms with E-state index in [-0.39, 0.29) is 6.61 Å². The van der Waals surface area contributed by atoms with Crippen LogP contribution < -0.4 is 5.32 Å². The number of urea groups is 1. The number of amides is 2. The summed E-state index contributed by atoms with van der Waals surface area (Å²) in [4.78, 5) is 24.3. The average molecular weight is 360 g/mol. The summed E-state index contributed by atoms with van der Waals surface area (Å²) in [7, 11) is 1.44. The number of carboxylic acids is 1. The van der Waals surface area contributed by atoms with Crippen LogP contribution in [0.25, 0.3) is 0 Å². The molecular formula is C16H19F3N2O4. The molecule has 1 aliphatic rings. The first-order valence-corrected chi connectivity index (χ1v) is 7.63. The zero-order valence-electron chi connectivity index (χ0n) is 13.5. The number of hydrogen-bond acceptors (Lipinski definition) is 3. The third-order valence-corrected chi connectivity index (χ3v) is 4.18. The van der Waals surface area contributed by atoms with Gasteiger partial charge in [0.05, 0.1) is 24.5 Å². The summed E-state index contributed by atoms with van der Waals surface area (Å²) in [5, 5.41) is 11.6. The molecule has 25 heavy (non-hydrogen) atoms. The van der Waals surface area contributed by atoms with Gasteiger partial charge in [-0.15, -0.1) is 0 Å². The number of ether oxygens (including phenoxy) is 1. The summed E-state index contributed by atoms with van der Waals surface area (Å²) < 4.78 is 44.1. The van der Waals surface area contributed by atoms with Crippen LogP contribution in [0.2, 0.25) is 0 Å². The van der Waals surface area contributed by atoms with Crippen molar-refractivity contribution in [1.29, 1.82) is 0 Å². The summed E-state index contributed by atoms with van der Waals surface area (Å²) in [6.45, 7) is -1.03. The fourth-order valence-corrected chi connectivity index (χ4v) is 2.87. The van der Waals surface area contributed by atoms with E-state index in [4.69, 9.17) is 9.84 Å². The van der Waals surface area contributed by atoms with Gasteiger partial charge >= 0.3 is 18.2 Å². The molecule has 1 heterocycles. The van der Waals surface area contributed by atoms with Crippen molar-refractivity contribution in [2.24, 2.45) is 11.8 Å². The fourth-order valence-electron chi connectivity index (χ4n) is 2.87. The number of likely N-dealkylation sites (tertiary alicyclic amines) is 1. The molecule has 1 unspecified atom stereocenters. The number of carbonyl (C=O) groups is 2. The highest BCUT2D eigenvalue weighted by Gasteiger charge is 2.53. The number of benzene rings is 1. The van der Waals surface area contributed by atoms with Gasteiger partial charge in [-0.05, 0) is 5.56 Å². The van der Waals surface area contributed by atoms with E-state index in [1.54, 1.807) is 30.3 Å². The first kappa shape index (κ1) is 19.0. The topological polar surface area (TPSA) is 78.9 Å². The molecule has 0 bridgehead atoms. The molecule has 9 heteroatoms. The van der Waals surface area contributed by atoms with Gasteiger partial charge in [0.15, 0.2) is 0 Å². The Kier molecular flexibility index (Phi) is 5.89. The predicted octanol–water partition coefficient (Wildman–Crippen LogP) is 2.28. The Morgan fingerprint density at radius 2 is 1.96 bits per heavy atom. The lowest BCUT2D eigenvalue weighted by atomic mass is 9.96. The highest BCUT2D eigenvalue weighted by Crippen LogP contribution is 2.37. The maximum atomic E-state index is 13.0. The number of nitrogens with zero attached hydrogens (tertiary/aromatic N) is 1. The van der Waals surface area contributed by atoms with Gasteiger partial charge in [0, 0.05) is 20.2 Å². The predicted molar refractivity (Wildman–Crippen MR) is 81.8 cm³/mol. The Morgan fingerprint density at radius 3 is 2.44 bits per heavy atom. The number of alkyl halides is 3. The van der Waals surface area contributed by atoms with Crippen LogP contribution in [0, 0.1) is 11.8 Å². The van der Waals surface area contributed by atoms with Crippen LogP contribution in [0.5, 0.6) is 0 Å². The molecule has 138 valence electrons. The molecule has 1 aliphatic heterocycles. The van der Waals surface area contributed by atoms with Gasteiger partial charge in [0.25, 0.3) is 0 Å². The van der Waals surface area contributed by atoms with E-state index in [0.717, 1.165) is 10.5 Å². The van der Waals surface area contributed by atoms with Crippen molar-refractivity contribution in [2.45, 2.75) is 12.2 Å². The quantitative estimate of drug-likeness (QED) is 0.844. The molecule has 0 aliphatic carbocycles. The molecule has 0 spiro atoms. The van der Waals surface area contributed by atoms with Crippen LogP contribution in [0.4, 0.5) is 18.0 Å². The number of hydrogen-bond donors (Lipinski definition) is 2. The van der Waals surface area contributed by atoms with Crippen LogP contribution in [0.15, 0.2) is 30.3 Å². The third kappa shape index (κ3) is 4.62.